The Hall–Kier alpha value is -3.05. The molecule has 0 atom stereocenters. The molecule has 0 bridgehead atoms. The molecule has 0 fully saturated rings. The molecular weight excluding hydrogens is 330 g/mol. The van der Waals surface area contributed by atoms with Crippen LogP contribution in [0.1, 0.15) is 0 Å². The molecule has 1 aromatic heterocycles. The highest BCUT2D eigenvalue weighted by molar-refractivity contribution is 8.00. The van der Waals surface area contributed by atoms with E-state index in [1.165, 1.54) is 11.9 Å². The summed E-state index contributed by atoms with van der Waals surface area (Å²) in [7, 11) is 0. The van der Waals surface area contributed by atoms with Gasteiger partial charge in [0.25, 0.3) is 0 Å². The molecule has 4 rings (SSSR count). The monoisotopic (exact) mass is 345 g/mol. The Kier molecular flexibility index (Phi) is 4.48. The lowest BCUT2D eigenvalue weighted by molar-refractivity contribution is 0.469. The van der Waals surface area contributed by atoms with Gasteiger partial charge in [-0.25, -0.2) is 4.98 Å². The maximum atomic E-state index is 5.98. The quantitative estimate of drug-likeness (QED) is 0.481. The SMILES string of the molecule is c1ccc(Oc2nc(NSc3ccccc3)nc3ccccc23)cc1. The van der Waals surface area contributed by atoms with Crippen molar-refractivity contribution in [2.24, 2.45) is 0 Å². The summed E-state index contributed by atoms with van der Waals surface area (Å²) >= 11 is 1.47. The van der Waals surface area contributed by atoms with E-state index in [4.69, 9.17) is 4.74 Å². The summed E-state index contributed by atoms with van der Waals surface area (Å²) in [5.74, 6) is 1.79. The van der Waals surface area contributed by atoms with Crippen LogP contribution in [0.25, 0.3) is 10.9 Å². The van der Waals surface area contributed by atoms with Gasteiger partial charge in [-0.05, 0) is 48.3 Å². The Bertz CT molecular complexity index is 978. The van der Waals surface area contributed by atoms with Crippen LogP contribution in [0, 0.1) is 0 Å². The second-order valence-corrected chi connectivity index (χ2v) is 6.18. The number of rotatable bonds is 5. The van der Waals surface area contributed by atoms with Gasteiger partial charge in [0, 0.05) is 4.90 Å². The zero-order valence-electron chi connectivity index (χ0n) is 13.3. The summed E-state index contributed by atoms with van der Waals surface area (Å²) in [5.41, 5.74) is 0.833. The van der Waals surface area contributed by atoms with Crippen LogP contribution in [-0.4, -0.2) is 9.97 Å². The molecule has 0 spiro atoms. The second-order valence-electron chi connectivity index (χ2n) is 5.30. The number of nitrogens with zero attached hydrogens (tertiary/aromatic N) is 2. The third-order valence-corrected chi connectivity index (χ3v) is 4.32. The number of aromatic nitrogens is 2. The summed E-state index contributed by atoms with van der Waals surface area (Å²) in [6.45, 7) is 0. The van der Waals surface area contributed by atoms with Crippen LogP contribution in [0.2, 0.25) is 0 Å². The first-order chi connectivity index (χ1) is 12.4. The highest BCUT2D eigenvalue weighted by Gasteiger charge is 2.10. The molecule has 1 heterocycles. The molecule has 0 aliphatic rings. The van der Waals surface area contributed by atoms with Crippen LogP contribution >= 0.6 is 11.9 Å². The first kappa shape index (κ1) is 15.5. The van der Waals surface area contributed by atoms with Crippen molar-refractivity contribution in [1.29, 1.82) is 0 Å². The number of para-hydroxylation sites is 2. The number of hydrogen-bond donors (Lipinski definition) is 1. The number of nitrogens with one attached hydrogen (secondary N) is 1. The summed E-state index contributed by atoms with van der Waals surface area (Å²) in [6, 6.07) is 27.5. The topological polar surface area (TPSA) is 47.0 Å². The molecule has 25 heavy (non-hydrogen) atoms. The number of fused-ring (bicyclic) bond motifs is 1. The van der Waals surface area contributed by atoms with Crippen molar-refractivity contribution in [2.45, 2.75) is 4.90 Å². The predicted octanol–water partition coefficient (Wildman–Crippen LogP) is 5.54. The van der Waals surface area contributed by atoms with E-state index in [1.54, 1.807) is 0 Å². The van der Waals surface area contributed by atoms with Gasteiger partial charge in [-0.1, -0.05) is 48.5 Å². The number of hydrogen-bond acceptors (Lipinski definition) is 5. The molecule has 0 saturated heterocycles. The molecule has 122 valence electrons. The fourth-order valence-electron chi connectivity index (χ4n) is 2.36. The number of benzene rings is 3. The molecule has 1 N–H and O–H groups in total. The third-order valence-electron chi connectivity index (χ3n) is 3.53. The molecule has 3 aromatic carbocycles. The van der Waals surface area contributed by atoms with Crippen LogP contribution < -0.4 is 9.46 Å². The van der Waals surface area contributed by atoms with Gasteiger partial charge in [-0.2, -0.15) is 4.98 Å². The second kappa shape index (κ2) is 7.23. The molecule has 0 radical (unpaired) electrons. The molecule has 0 aliphatic heterocycles. The van der Waals surface area contributed by atoms with Crippen LogP contribution in [-0.2, 0) is 0 Å². The van der Waals surface area contributed by atoms with E-state index < -0.39 is 0 Å². The Balaban J connectivity index is 1.66. The van der Waals surface area contributed by atoms with Crippen molar-refractivity contribution in [2.75, 3.05) is 4.72 Å². The largest absolute Gasteiger partial charge is 0.438 e. The lowest BCUT2D eigenvalue weighted by atomic mass is 10.2. The molecular formula is C20H15N3OS. The van der Waals surface area contributed by atoms with Crippen LogP contribution in [0.5, 0.6) is 11.6 Å². The zero-order valence-corrected chi connectivity index (χ0v) is 14.1. The van der Waals surface area contributed by atoms with Crippen LogP contribution in [0.15, 0.2) is 89.8 Å². The molecule has 0 saturated carbocycles. The first-order valence-corrected chi connectivity index (χ1v) is 8.68. The summed E-state index contributed by atoms with van der Waals surface area (Å²) in [4.78, 5) is 10.2. The fourth-order valence-corrected chi connectivity index (χ4v) is 2.96. The highest BCUT2D eigenvalue weighted by atomic mass is 32.2. The lowest BCUT2D eigenvalue weighted by Crippen LogP contribution is -1.98. The van der Waals surface area contributed by atoms with Gasteiger partial charge < -0.3 is 4.74 Å². The van der Waals surface area contributed by atoms with Crippen molar-refractivity contribution >= 4 is 28.8 Å². The average molecular weight is 345 g/mol. The number of anilines is 1. The van der Waals surface area contributed by atoms with Gasteiger partial charge in [0.15, 0.2) is 0 Å². The van der Waals surface area contributed by atoms with Gasteiger partial charge in [-0.3, -0.25) is 4.72 Å². The molecule has 5 heteroatoms. The van der Waals surface area contributed by atoms with Gasteiger partial charge in [0.2, 0.25) is 11.8 Å². The Morgan fingerprint density at radius 2 is 1.40 bits per heavy atom. The maximum absolute atomic E-state index is 5.98. The van der Waals surface area contributed by atoms with E-state index in [2.05, 4.69) is 14.7 Å². The minimum atomic E-state index is 0.512. The Labute approximate surface area is 150 Å². The Morgan fingerprint density at radius 1 is 0.720 bits per heavy atom. The average Bonchev–Trinajstić information content (AvgIpc) is 2.68. The number of ether oxygens (including phenoxy) is 1. The summed E-state index contributed by atoms with van der Waals surface area (Å²) in [6.07, 6.45) is 0. The van der Waals surface area contributed by atoms with E-state index in [0.717, 1.165) is 21.5 Å². The standard InChI is InChI=1S/C20H15N3OS/c1-3-9-15(10-4-1)24-19-17-13-7-8-14-18(17)21-20(22-19)23-25-16-11-5-2-6-12-16/h1-14H,(H,21,22,23). The minimum Gasteiger partial charge on any atom is -0.438 e. The van der Waals surface area contributed by atoms with E-state index >= 15 is 0 Å². The van der Waals surface area contributed by atoms with Crippen molar-refractivity contribution in [1.82, 2.24) is 9.97 Å². The van der Waals surface area contributed by atoms with Crippen LogP contribution in [0.4, 0.5) is 5.95 Å². The van der Waals surface area contributed by atoms with Crippen LogP contribution in [0.3, 0.4) is 0 Å². The molecule has 4 nitrogen and oxygen atoms in total. The minimum absolute atomic E-state index is 0.512. The van der Waals surface area contributed by atoms with E-state index in [9.17, 15) is 0 Å². The van der Waals surface area contributed by atoms with Gasteiger partial charge in [0.05, 0.1) is 10.9 Å². The molecule has 0 aliphatic carbocycles. The van der Waals surface area contributed by atoms with Crippen molar-refractivity contribution in [3.63, 3.8) is 0 Å². The normalized spacial score (nSPS) is 10.6. The first-order valence-electron chi connectivity index (χ1n) is 7.86. The Morgan fingerprint density at radius 3 is 2.20 bits per heavy atom. The summed E-state index contributed by atoms with van der Waals surface area (Å²) in [5, 5.41) is 0.876. The van der Waals surface area contributed by atoms with Gasteiger partial charge in [0.1, 0.15) is 5.75 Å². The zero-order chi connectivity index (χ0) is 16.9. The fraction of sp³-hybridized carbons (Fsp3) is 0. The van der Waals surface area contributed by atoms with E-state index in [0.29, 0.717) is 11.8 Å². The van der Waals surface area contributed by atoms with Crippen molar-refractivity contribution in [3.8, 4) is 11.6 Å². The predicted molar refractivity (Wildman–Crippen MR) is 102 cm³/mol. The van der Waals surface area contributed by atoms with Gasteiger partial charge in [-0.15, -0.1) is 0 Å². The molecule has 0 unspecified atom stereocenters. The third kappa shape index (κ3) is 3.72. The van der Waals surface area contributed by atoms with E-state index in [1.807, 2.05) is 84.9 Å². The lowest BCUT2D eigenvalue weighted by Gasteiger charge is -2.10. The highest BCUT2D eigenvalue weighted by Crippen LogP contribution is 2.29. The maximum Gasteiger partial charge on any atom is 0.237 e. The molecule has 0 amide bonds. The summed E-state index contributed by atoms with van der Waals surface area (Å²) < 4.78 is 9.18. The molecule has 4 aromatic rings. The van der Waals surface area contributed by atoms with Crippen molar-refractivity contribution in [3.05, 3.63) is 84.9 Å². The smallest absolute Gasteiger partial charge is 0.237 e. The van der Waals surface area contributed by atoms with Crippen molar-refractivity contribution < 1.29 is 4.74 Å². The van der Waals surface area contributed by atoms with Gasteiger partial charge >= 0.3 is 0 Å². The van der Waals surface area contributed by atoms with E-state index in [-0.39, 0.29) is 0 Å².